The van der Waals surface area contributed by atoms with E-state index in [9.17, 15) is 15.3 Å². The van der Waals surface area contributed by atoms with Crippen LogP contribution in [-0.2, 0) is 0 Å². The van der Waals surface area contributed by atoms with Crippen LogP contribution in [0.3, 0.4) is 0 Å². The summed E-state index contributed by atoms with van der Waals surface area (Å²) >= 11 is 0. The molecule has 0 radical (unpaired) electrons. The quantitative estimate of drug-likeness (QED) is 0.627. The Balaban J connectivity index is 2.53. The molecule has 0 amide bonds. The number of rotatable bonds is 1. The van der Waals surface area contributed by atoms with Gasteiger partial charge in [-0.05, 0) is 56.1 Å². The van der Waals surface area contributed by atoms with Crippen LogP contribution in [0.4, 0.5) is 0 Å². The molecule has 2 aliphatic carbocycles. The van der Waals surface area contributed by atoms with Crippen molar-refractivity contribution in [3.63, 3.8) is 0 Å². The van der Waals surface area contributed by atoms with Crippen molar-refractivity contribution < 1.29 is 15.3 Å². The highest BCUT2D eigenvalue weighted by molar-refractivity contribution is 5.36. The van der Waals surface area contributed by atoms with Crippen molar-refractivity contribution in [2.45, 2.75) is 70.2 Å². The Bertz CT molecular complexity index is 372. The van der Waals surface area contributed by atoms with Crippen LogP contribution in [0.25, 0.3) is 0 Å². The molecule has 0 aromatic heterocycles. The minimum absolute atomic E-state index is 0.0386. The first kappa shape index (κ1) is 14.0. The van der Waals surface area contributed by atoms with Crippen molar-refractivity contribution in [1.29, 1.82) is 0 Å². The maximum atomic E-state index is 10.9. The molecule has 4 atom stereocenters. The molecule has 3 nitrogen and oxygen atoms in total. The average Bonchev–Trinajstić information content (AvgIpc) is 2.27. The van der Waals surface area contributed by atoms with Crippen molar-refractivity contribution in [3.8, 4) is 0 Å². The average molecular weight is 254 g/mol. The molecule has 0 heterocycles. The van der Waals surface area contributed by atoms with E-state index in [0.717, 1.165) is 6.42 Å². The summed E-state index contributed by atoms with van der Waals surface area (Å²) in [4.78, 5) is 0. The van der Waals surface area contributed by atoms with Gasteiger partial charge in [0.25, 0.3) is 0 Å². The van der Waals surface area contributed by atoms with Crippen LogP contribution in [0.1, 0.15) is 53.4 Å². The second-order valence-electron chi connectivity index (χ2n) is 6.86. The Morgan fingerprint density at radius 3 is 2.33 bits per heavy atom. The van der Waals surface area contributed by atoms with Gasteiger partial charge in [-0.15, -0.1) is 0 Å². The zero-order valence-electron chi connectivity index (χ0n) is 11.9. The summed E-state index contributed by atoms with van der Waals surface area (Å²) in [5.74, 6) is 0.176. The van der Waals surface area contributed by atoms with Gasteiger partial charge in [0, 0.05) is 0 Å². The minimum atomic E-state index is -0.980. The predicted molar refractivity (Wildman–Crippen MR) is 71.1 cm³/mol. The molecular weight excluding hydrogens is 228 g/mol. The maximum Gasteiger partial charge on any atom is 0.0912 e. The summed E-state index contributed by atoms with van der Waals surface area (Å²) < 4.78 is 0. The zero-order valence-corrected chi connectivity index (χ0v) is 11.9. The molecule has 104 valence electrons. The fourth-order valence-electron chi connectivity index (χ4n) is 3.51. The van der Waals surface area contributed by atoms with Gasteiger partial charge in [0.1, 0.15) is 0 Å². The van der Waals surface area contributed by atoms with Gasteiger partial charge in [0.05, 0.1) is 16.8 Å². The Hall–Kier alpha value is -0.380. The molecule has 3 N–H and O–H groups in total. The molecule has 18 heavy (non-hydrogen) atoms. The maximum absolute atomic E-state index is 10.9. The monoisotopic (exact) mass is 254 g/mol. The zero-order chi connectivity index (χ0) is 13.8. The van der Waals surface area contributed by atoms with E-state index in [2.05, 4.69) is 0 Å². The van der Waals surface area contributed by atoms with Gasteiger partial charge in [-0.3, -0.25) is 0 Å². The first-order chi connectivity index (χ1) is 8.12. The van der Waals surface area contributed by atoms with Crippen LogP contribution in [0.5, 0.6) is 0 Å². The van der Waals surface area contributed by atoms with E-state index in [-0.39, 0.29) is 11.8 Å². The van der Waals surface area contributed by atoms with Crippen molar-refractivity contribution in [2.24, 2.45) is 11.8 Å². The molecule has 1 saturated carbocycles. The highest BCUT2D eigenvalue weighted by Crippen LogP contribution is 2.52. The standard InChI is InChI=1S/C15H26O3/c1-10(2)14(17)6-5-11(3)15(18)8-7-13(4,16)9-12(14)15/h9-11,16-18H,5-8H2,1-4H3. The largest absolute Gasteiger partial charge is 0.386 e. The normalized spacial score (nSPS) is 48.9. The van der Waals surface area contributed by atoms with Gasteiger partial charge < -0.3 is 15.3 Å². The van der Waals surface area contributed by atoms with Crippen molar-refractivity contribution in [1.82, 2.24) is 0 Å². The van der Waals surface area contributed by atoms with Gasteiger partial charge in [0.15, 0.2) is 0 Å². The van der Waals surface area contributed by atoms with Crippen LogP contribution in [0.15, 0.2) is 11.6 Å². The summed E-state index contributed by atoms with van der Waals surface area (Å²) in [7, 11) is 0. The molecule has 0 bridgehead atoms. The highest BCUT2D eigenvalue weighted by atomic mass is 16.3. The number of fused-ring (bicyclic) bond motifs is 1. The second kappa shape index (κ2) is 4.06. The molecule has 2 rings (SSSR count). The van der Waals surface area contributed by atoms with Crippen LogP contribution >= 0.6 is 0 Å². The van der Waals surface area contributed by atoms with E-state index >= 15 is 0 Å². The van der Waals surface area contributed by atoms with Gasteiger partial charge >= 0.3 is 0 Å². The molecule has 0 saturated heterocycles. The third kappa shape index (κ3) is 1.93. The molecule has 4 unspecified atom stereocenters. The van der Waals surface area contributed by atoms with Gasteiger partial charge in [-0.2, -0.15) is 0 Å². The van der Waals surface area contributed by atoms with Gasteiger partial charge in [0.2, 0.25) is 0 Å². The lowest BCUT2D eigenvalue weighted by Crippen LogP contribution is -2.58. The fourth-order valence-corrected chi connectivity index (χ4v) is 3.51. The first-order valence-electron chi connectivity index (χ1n) is 7.03. The van der Waals surface area contributed by atoms with Crippen molar-refractivity contribution in [2.75, 3.05) is 0 Å². The van der Waals surface area contributed by atoms with E-state index in [4.69, 9.17) is 0 Å². The first-order valence-corrected chi connectivity index (χ1v) is 7.03. The molecular formula is C15H26O3. The number of hydrogen-bond donors (Lipinski definition) is 3. The Morgan fingerprint density at radius 2 is 1.78 bits per heavy atom. The van der Waals surface area contributed by atoms with E-state index in [1.165, 1.54) is 0 Å². The molecule has 0 aromatic carbocycles. The molecule has 0 aromatic rings. The highest BCUT2D eigenvalue weighted by Gasteiger charge is 2.55. The molecule has 2 aliphatic rings. The Morgan fingerprint density at radius 1 is 1.17 bits per heavy atom. The van der Waals surface area contributed by atoms with Gasteiger partial charge in [-0.1, -0.05) is 20.8 Å². The molecule has 1 fully saturated rings. The van der Waals surface area contributed by atoms with Crippen molar-refractivity contribution >= 4 is 0 Å². The lowest BCUT2D eigenvalue weighted by atomic mass is 9.57. The van der Waals surface area contributed by atoms with Crippen LogP contribution in [-0.4, -0.2) is 32.1 Å². The molecule has 3 heteroatoms. The summed E-state index contributed by atoms with van der Waals surface area (Å²) in [6.07, 6.45) is 4.28. The Kier molecular flexibility index (Phi) is 3.16. The predicted octanol–water partition coefficient (Wildman–Crippen LogP) is 2.01. The lowest BCUT2D eigenvalue weighted by Gasteiger charge is -2.54. The van der Waals surface area contributed by atoms with Crippen molar-refractivity contribution in [3.05, 3.63) is 11.6 Å². The molecule has 0 spiro atoms. The third-order valence-electron chi connectivity index (χ3n) is 5.13. The third-order valence-corrected chi connectivity index (χ3v) is 5.13. The fraction of sp³-hybridized carbons (Fsp3) is 0.867. The van der Waals surface area contributed by atoms with E-state index in [0.29, 0.717) is 24.8 Å². The van der Waals surface area contributed by atoms with Crippen LogP contribution in [0, 0.1) is 11.8 Å². The van der Waals surface area contributed by atoms with E-state index < -0.39 is 16.8 Å². The summed E-state index contributed by atoms with van der Waals surface area (Å²) in [6, 6.07) is 0. The minimum Gasteiger partial charge on any atom is -0.386 e. The SMILES string of the molecule is CC(C)C1(O)CCC(C)C2(O)CCC(C)(O)C=C12. The lowest BCUT2D eigenvalue weighted by molar-refractivity contribution is -0.108. The number of hydrogen-bond acceptors (Lipinski definition) is 3. The van der Waals surface area contributed by atoms with E-state index in [1.54, 1.807) is 13.0 Å². The Labute approximate surface area is 110 Å². The summed E-state index contributed by atoms with van der Waals surface area (Å²) in [5.41, 5.74) is -2.19. The molecule has 0 aliphatic heterocycles. The second-order valence-corrected chi connectivity index (χ2v) is 6.86. The summed E-state index contributed by atoms with van der Waals surface area (Å²) in [5, 5.41) is 32.1. The smallest absolute Gasteiger partial charge is 0.0912 e. The van der Waals surface area contributed by atoms with E-state index in [1.807, 2.05) is 20.8 Å². The topological polar surface area (TPSA) is 60.7 Å². The number of aliphatic hydroxyl groups is 3. The van der Waals surface area contributed by atoms with Crippen LogP contribution in [0.2, 0.25) is 0 Å². The van der Waals surface area contributed by atoms with Gasteiger partial charge in [-0.25, -0.2) is 0 Å². The summed E-state index contributed by atoms with van der Waals surface area (Å²) in [6.45, 7) is 7.73. The van der Waals surface area contributed by atoms with Crippen LogP contribution < -0.4 is 0 Å².